The van der Waals surface area contributed by atoms with Gasteiger partial charge in [0.25, 0.3) is 0 Å². The largest absolute Gasteiger partial charge is 0.499 e. The summed E-state index contributed by atoms with van der Waals surface area (Å²) in [7, 11) is 1.70. The Labute approximate surface area is 120 Å². The molecule has 1 aromatic rings. The molecule has 0 unspecified atom stereocenters. The molecular weight excluding hydrogens is 250 g/mol. The van der Waals surface area contributed by atoms with E-state index in [0.29, 0.717) is 6.04 Å². The van der Waals surface area contributed by atoms with Crippen LogP contribution in [-0.2, 0) is 11.2 Å². The summed E-state index contributed by atoms with van der Waals surface area (Å²) in [5.41, 5.74) is 2.13. The monoisotopic (exact) mass is 271 g/mol. The summed E-state index contributed by atoms with van der Waals surface area (Å²) in [5, 5.41) is 3.29. The fraction of sp³-hybridized carbons (Fsp3) is 0.500. The molecule has 0 bridgehead atoms. The van der Waals surface area contributed by atoms with Crippen molar-refractivity contribution in [3.8, 4) is 0 Å². The van der Waals surface area contributed by atoms with Gasteiger partial charge < -0.3 is 10.1 Å². The van der Waals surface area contributed by atoms with Crippen molar-refractivity contribution in [2.45, 2.75) is 44.6 Å². The van der Waals surface area contributed by atoms with Gasteiger partial charge >= 0.3 is 0 Å². The van der Waals surface area contributed by atoms with Gasteiger partial charge in [-0.3, -0.25) is 9.98 Å². The molecule has 106 valence electrons. The van der Waals surface area contributed by atoms with Crippen LogP contribution in [0.2, 0.25) is 0 Å². The van der Waals surface area contributed by atoms with E-state index in [1.54, 1.807) is 7.11 Å². The molecule has 1 aromatic heterocycles. The molecule has 0 radical (unpaired) electrons. The standard InChI is InChI=1S/C16H21N3O/c1-20-14-10-12-6-5-9-17-15(12)16(18-11-14)19-13-7-3-2-4-8-13/h5-6,9,11,13H,2-4,7-8,10H2,1H3,(H,18,19). The lowest BCUT2D eigenvalue weighted by atomic mass is 9.96. The number of aromatic nitrogens is 1. The maximum Gasteiger partial charge on any atom is 0.151 e. The fourth-order valence-electron chi connectivity index (χ4n) is 2.87. The average Bonchev–Trinajstić information content (AvgIpc) is 2.68. The van der Waals surface area contributed by atoms with Gasteiger partial charge in [0.1, 0.15) is 11.5 Å². The van der Waals surface area contributed by atoms with Crippen LogP contribution in [0.25, 0.3) is 0 Å². The number of nitrogens with zero attached hydrogens (tertiary/aromatic N) is 2. The summed E-state index contributed by atoms with van der Waals surface area (Å²) in [6.07, 6.45) is 10.8. The van der Waals surface area contributed by atoms with Crippen molar-refractivity contribution in [3.63, 3.8) is 0 Å². The van der Waals surface area contributed by atoms with Crippen LogP contribution in [0.15, 0.2) is 35.3 Å². The van der Waals surface area contributed by atoms with Crippen LogP contribution >= 0.6 is 0 Å². The average molecular weight is 271 g/mol. The molecule has 0 spiro atoms. The van der Waals surface area contributed by atoms with Crippen LogP contribution in [0.1, 0.15) is 43.4 Å². The van der Waals surface area contributed by atoms with E-state index >= 15 is 0 Å². The molecule has 4 nitrogen and oxygen atoms in total. The quantitative estimate of drug-likeness (QED) is 0.899. The van der Waals surface area contributed by atoms with Crippen molar-refractivity contribution < 1.29 is 4.74 Å². The van der Waals surface area contributed by atoms with Crippen molar-refractivity contribution in [1.29, 1.82) is 0 Å². The Kier molecular flexibility index (Phi) is 4.00. The maximum atomic E-state index is 5.38. The van der Waals surface area contributed by atoms with E-state index in [1.165, 1.54) is 37.7 Å². The van der Waals surface area contributed by atoms with E-state index in [0.717, 1.165) is 23.7 Å². The summed E-state index contributed by atoms with van der Waals surface area (Å²) in [6.45, 7) is 0. The first-order valence-corrected chi connectivity index (χ1v) is 7.38. The first kappa shape index (κ1) is 13.2. The van der Waals surface area contributed by atoms with Crippen LogP contribution in [0.4, 0.5) is 0 Å². The van der Waals surface area contributed by atoms with Gasteiger partial charge in [0.2, 0.25) is 0 Å². The molecule has 1 fully saturated rings. The molecule has 1 aliphatic carbocycles. The Balaban J connectivity index is 1.93. The van der Waals surface area contributed by atoms with Crippen LogP contribution in [0, 0.1) is 0 Å². The van der Waals surface area contributed by atoms with Crippen molar-refractivity contribution in [2.75, 3.05) is 7.11 Å². The van der Waals surface area contributed by atoms with Crippen molar-refractivity contribution >= 4 is 5.84 Å². The lowest BCUT2D eigenvalue weighted by Gasteiger charge is -2.19. The lowest BCUT2D eigenvalue weighted by molar-refractivity contribution is 0.281. The smallest absolute Gasteiger partial charge is 0.151 e. The predicted molar refractivity (Wildman–Crippen MR) is 79.6 cm³/mol. The Bertz CT molecular complexity index is 530. The maximum absolute atomic E-state index is 5.38. The van der Waals surface area contributed by atoms with Gasteiger partial charge in [-0.05, 0) is 24.5 Å². The third-order valence-electron chi connectivity index (χ3n) is 4.00. The second kappa shape index (κ2) is 6.07. The second-order valence-electron chi connectivity index (χ2n) is 5.42. The van der Waals surface area contributed by atoms with E-state index in [9.17, 15) is 0 Å². The number of rotatable bonds is 2. The van der Waals surface area contributed by atoms with Gasteiger partial charge in [-0.1, -0.05) is 25.3 Å². The normalized spacial score (nSPS) is 21.6. The fourth-order valence-corrected chi connectivity index (χ4v) is 2.87. The zero-order valence-corrected chi connectivity index (χ0v) is 11.9. The molecule has 20 heavy (non-hydrogen) atoms. The third-order valence-corrected chi connectivity index (χ3v) is 4.00. The molecule has 1 N–H and O–H groups in total. The van der Waals surface area contributed by atoms with Gasteiger partial charge in [0, 0.05) is 18.8 Å². The van der Waals surface area contributed by atoms with Crippen LogP contribution in [-0.4, -0.2) is 24.0 Å². The number of aliphatic imine (C=N–C) groups is 1. The van der Waals surface area contributed by atoms with E-state index in [1.807, 2.05) is 18.5 Å². The summed E-state index contributed by atoms with van der Waals surface area (Å²) in [5.74, 6) is 1.80. The van der Waals surface area contributed by atoms with Crippen LogP contribution in [0.3, 0.4) is 0 Å². The second-order valence-corrected chi connectivity index (χ2v) is 5.42. The topological polar surface area (TPSA) is 46.5 Å². The molecule has 0 atom stereocenters. The Hall–Kier alpha value is -1.84. The summed E-state index contributed by atoms with van der Waals surface area (Å²) >= 11 is 0. The number of hydrogen-bond acceptors (Lipinski definition) is 3. The first-order chi connectivity index (χ1) is 9.86. The highest BCUT2D eigenvalue weighted by Gasteiger charge is 2.19. The Morgan fingerprint density at radius 2 is 2.15 bits per heavy atom. The number of fused-ring (bicyclic) bond motifs is 1. The molecule has 2 aliphatic rings. The van der Waals surface area contributed by atoms with Crippen molar-refractivity contribution in [3.05, 3.63) is 41.5 Å². The Morgan fingerprint density at radius 3 is 2.95 bits per heavy atom. The number of ether oxygens (including phenoxy) is 1. The minimum absolute atomic E-state index is 0.429. The minimum Gasteiger partial charge on any atom is -0.499 e. The van der Waals surface area contributed by atoms with Crippen LogP contribution in [0.5, 0.6) is 0 Å². The molecule has 3 rings (SSSR count). The highest BCUT2D eigenvalue weighted by atomic mass is 16.5. The molecule has 0 aromatic carbocycles. The summed E-state index contributed by atoms with van der Waals surface area (Å²) < 4.78 is 5.38. The predicted octanol–water partition coefficient (Wildman–Crippen LogP) is 2.79. The van der Waals surface area contributed by atoms with E-state index in [2.05, 4.69) is 16.4 Å². The number of amidine groups is 1. The zero-order chi connectivity index (χ0) is 13.8. The third kappa shape index (κ3) is 2.84. The van der Waals surface area contributed by atoms with Gasteiger partial charge in [0.05, 0.1) is 13.2 Å². The summed E-state index contributed by atoms with van der Waals surface area (Å²) in [6, 6.07) is 4.49. The summed E-state index contributed by atoms with van der Waals surface area (Å²) in [4.78, 5) is 9.42. The number of allylic oxidation sites excluding steroid dienone is 1. The van der Waals surface area contributed by atoms with Crippen molar-refractivity contribution in [2.24, 2.45) is 4.99 Å². The highest BCUT2D eigenvalue weighted by molar-refractivity contribution is 5.99. The SMILES string of the molecule is COC1=CNC(=NC2CCCCC2)c2ncccc2C1. The number of methoxy groups -OCH3 is 1. The molecule has 0 saturated heterocycles. The number of nitrogens with one attached hydrogen (secondary N) is 1. The Morgan fingerprint density at radius 1 is 1.30 bits per heavy atom. The van der Waals surface area contributed by atoms with Gasteiger partial charge in [-0.2, -0.15) is 0 Å². The molecule has 2 heterocycles. The molecule has 4 heteroatoms. The molecule has 1 aliphatic heterocycles. The minimum atomic E-state index is 0.429. The van der Waals surface area contributed by atoms with Gasteiger partial charge in [0.15, 0.2) is 5.84 Å². The molecule has 0 amide bonds. The lowest BCUT2D eigenvalue weighted by Crippen LogP contribution is -2.24. The van der Waals surface area contributed by atoms with E-state index in [-0.39, 0.29) is 0 Å². The number of hydrogen-bond donors (Lipinski definition) is 1. The van der Waals surface area contributed by atoms with Crippen molar-refractivity contribution in [1.82, 2.24) is 10.3 Å². The van der Waals surface area contributed by atoms with Gasteiger partial charge in [-0.15, -0.1) is 0 Å². The number of pyridine rings is 1. The highest BCUT2D eigenvalue weighted by Crippen LogP contribution is 2.22. The zero-order valence-electron chi connectivity index (χ0n) is 11.9. The molecule has 1 saturated carbocycles. The first-order valence-electron chi connectivity index (χ1n) is 7.38. The molecular formula is C16H21N3O. The van der Waals surface area contributed by atoms with Gasteiger partial charge in [-0.25, -0.2) is 0 Å². The van der Waals surface area contributed by atoms with E-state index < -0.39 is 0 Å². The van der Waals surface area contributed by atoms with Crippen LogP contribution < -0.4 is 5.32 Å². The van der Waals surface area contributed by atoms with E-state index in [4.69, 9.17) is 9.73 Å².